The first-order chi connectivity index (χ1) is 6.13. The predicted octanol–water partition coefficient (Wildman–Crippen LogP) is 0.219. The Kier molecular flexibility index (Phi) is 6.54. The van der Waals surface area contributed by atoms with Gasteiger partial charge < -0.3 is 15.4 Å². The van der Waals surface area contributed by atoms with Crippen molar-refractivity contribution in [3.63, 3.8) is 0 Å². The second-order valence-electron chi connectivity index (χ2n) is 3.12. The number of carbonyl (C=O) groups excluding carboxylic acids is 1. The largest absolute Gasteiger partial charge is 0.385 e. The number of likely N-dealkylation sites (N-methyl/N-ethyl adjacent to an activating group) is 1. The van der Waals surface area contributed by atoms with Gasteiger partial charge in [-0.25, -0.2) is 0 Å². The quantitative estimate of drug-likeness (QED) is 0.607. The Bertz CT molecular complexity index is 151. The molecule has 0 aromatic heterocycles. The van der Waals surface area contributed by atoms with Crippen LogP contribution >= 0.6 is 0 Å². The second kappa shape index (κ2) is 6.86. The number of carbonyl (C=O) groups is 1. The Labute approximate surface area is 80.0 Å². The topological polar surface area (TPSA) is 55.6 Å². The molecule has 0 fully saturated rings. The van der Waals surface area contributed by atoms with E-state index in [9.17, 15) is 4.79 Å². The van der Waals surface area contributed by atoms with Gasteiger partial charge in [-0.2, -0.15) is 0 Å². The minimum absolute atomic E-state index is 0.0126. The van der Waals surface area contributed by atoms with Crippen molar-refractivity contribution in [2.75, 3.05) is 27.3 Å². The first-order valence-electron chi connectivity index (χ1n) is 4.63. The van der Waals surface area contributed by atoms with Crippen molar-refractivity contribution in [1.82, 2.24) is 4.90 Å². The highest BCUT2D eigenvalue weighted by Crippen LogP contribution is 1.95. The highest BCUT2D eigenvalue weighted by atomic mass is 16.5. The highest BCUT2D eigenvalue weighted by Gasteiger charge is 2.14. The Balaban J connectivity index is 3.69. The average Bonchev–Trinajstić information content (AvgIpc) is 2.15. The first-order valence-corrected chi connectivity index (χ1v) is 4.63. The minimum atomic E-state index is -0.354. The number of methoxy groups -OCH3 is 1. The highest BCUT2D eigenvalue weighted by molar-refractivity contribution is 5.81. The Morgan fingerprint density at radius 1 is 1.62 bits per heavy atom. The fourth-order valence-corrected chi connectivity index (χ4v) is 1.01. The smallest absolute Gasteiger partial charge is 0.239 e. The molecule has 0 aliphatic rings. The molecule has 2 N–H and O–H groups in total. The third-order valence-corrected chi connectivity index (χ3v) is 1.98. The first kappa shape index (κ1) is 12.4. The molecule has 0 rings (SSSR count). The van der Waals surface area contributed by atoms with E-state index in [2.05, 4.69) is 0 Å². The van der Waals surface area contributed by atoms with E-state index in [0.717, 1.165) is 6.42 Å². The summed E-state index contributed by atoms with van der Waals surface area (Å²) in [5.41, 5.74) is 5.60. The average molecular weight is 188 g/mol. The molecule has 13 heavy (non-hydrogen) atoms. The van der Waals surface area contributed by atoms with Crippen LogP contribution in [-0.2, 0) is 9.53 Å². The van der Waals surface area contributed by atoms with Gasteiger partial charge >= 0.3 is 0 Å². The lowest BCUT2D eigenvalue weighted by atomic mass is 10.2. The van der Waals surface area contributed by atoms with E-state index in [4.69, 9.17) is 10.5 Å². The molecule has 0 saturated carbocycles. The van der Waals surface area contributed by atoms with Gasteiger partial charge in [0.1, 0.15) is 0 Å². The molecule has 78 valence electrons. The fourth-order valence-electron chi connectivity index (χ4n) is 1.01. The van der Waals surface area contributed by atoms with Gasteiger partial charge in [-0.3, -0.25) is 4.79 Å². The second-order valence-corrected chi connectivity index (χ2v) is 3.12. The molecule has 0 aromatic carbocycles. The molecule has 0 heterocycles. The van der Waals surface area contributed by atoms with E-state index in [-0.39, 0.29) is 11.9 Å². The molecule has 4 nitrogen and oxygen atoms in total. The minimum Gasteiger partial charge on any atom is -0.385 e. The molecule has 4 heteroatoms. The molecule has 0 aromatic rings. The van der Waals surface area contributed by atoms with Crippen LogP contribution < -0.4 is 5.73 Å². The summed E-state index contributed by atoms with van der Waals surface area (Å²) in [5, 5.41) is 0. The van der Waals surface area contributed by atoms with Gasteiger partial charge in [-0.15, -0.1) is 0 Å². The lowest BCUT2D eigenvalue weighted by Gasteiger charge is -2.20. The van der Waals surface area contributed by atoms with Crippen LogP contribution in [0, 0.1) is 0 Å². The van der Waals surface area contributed by atoms with Crippen molar-refractivity contribution in [2.24, 2.45) is 5.73 Å². The van der Waals surface area contributed by atoms with Gasteiger partial charge in [0.05, 0.1) is 6.04 Å². The third kappa shape index (κ3) is 4.85. The zero-order valence-corrected chi connectivity index (χ0v) is 8.75. The van der Waals surface area contributed by atoms with Crippen LogP contribution in [0.5, 0.6) is 0 Å². The standard InChI is InChI=1S/C9H20N2O2/c1-4-8(10)9(12)11(2)6-5-7-13-3/h8H,4-7,10H2,1-3H3/t8-/m0/s1. The normalized spacial score (nSPS) is 12.6. The molecular weight excluding hydrogens is 168 g/mol. The summed E-state index contributed by atoms with van der Waals surface area (Å²) >= 11 is 0. The number of nitrogens with zero attached hydrogens (tertiary/aromatic N) is 1. The van der Waals surface area contributed by atoms with E-state index in [1.165, 1.54) is 0 Å². The number of hydrogen-bond donors (Lipinski definition) is 1. The summed E-state index contributed by atoms with van der Waals surface area (Å²) in [6.07, 6.45) is 1.54. The number of hydrogen-bond acceptors (Lipinski definition) is 3. The summed E-state index contributed by atoms with van der Waals surface area (Å²) in [4.78, 5) is 13.1. The van der Waals surface area contributed by atoms with Gasteiger partial charge in [0.2, 0.25) is 5.91 Å². The zero-order valence-electron chi connectivity index (χ0n) is 8.75. The maximum Gasteiger partial charge on any atom is 0.239 e. The van der Waals surface area contributed by atoms with Crippen LogP contribution in [0.3, 0.4) is 0 Å². The molecule has 1 atom stereocenters. The van der Waals surface area contributed by atoms with Crippen LogP contribution in [0.15, 0.2) is 0 Å². The third-order valence-electron chi connectivity index (χ3n) is 1.98. The molecule has 1 amide bonds. The van der Waals surface area contributed by atoms with Gasteiger partial charge in [-0.05, 0) is 12.8 Å². The molecule has 0 aliphatic heterocycles. The van der Waals surface area contributed by atoms with Gasteiger partial charge in [0, 0.05) is 27.3 Å². The van der Waals surface area contributed by atoms with E-state index < -0.39 is 0 Å². The van der Waals surface area contributed by atoms with Crippen LogP contribution in [0.25, 0.3) is 0 Å². The van der Waals surface area contributed by atoms with E-state index in [1.54, 1.807) is 19.1 Å². The molecule has 0 radical (unpaired) electrons. The van der Waals surface area contributed by atoms with Crippen molar-refractivity contribution in [3.8, 4) is 0 Å². The van der Waals surface area contributed by atoms with Crippen molar-refractivity contribution in [2.45, 2.75) is 25.8 Å². The van der Waals surface area contributed by atoms with Crippen molar-refractivity contribution in [1.29, 1.82) is 0 Å². The summed E-state index contributed by atoms with van der Waals surface area (Å²) in [5.74, 6) is 0.0126. The van der Waals surface area contributed by atoms with Gasteiger partial charge in [0.15, 0.2) is 0 Å². The maximum absolute atomic E-state index is 11.4. The van der Waals surface area contributed by atoms with Crippen LogP contribution in [0.1, 0.15) is 19.8 Å². The van der Waals surface area contributed by atoms with Crippen LogP contribution in [-0.4, -0.2) is 44.2 Å². The monoisotopic (exact) mass is 188 g/mol. The molecular formula is C9H20N2O2. The SMILES string of the molecule is CC[C@H](N)C(=O)N(C)CCCOC. The number of rotatable bonds is 6. The fraction of sp³-hybridized carbons (Fsp3) is 0.889. The molecule has 0 saturated heterocycles. The lowest BCUT2D eigenvalue weighted by molar-refractivity contribution is -0.131. The lowest BCUT2D eigenvalue weighted by Crippen LogP contribution is -2.41. The van der Waals surface area contributed by atoms with Crippen molar-refractivity contribution in [3.05, 3.63) is 0 Å². The van der Waals surface area contributed by atoms with E-state index in [0.29, 0.717) is 19.6 Å². The summed E-state index contributed by atoms with van der Waals surface area (Å²) < 4.78 is 4.89. The zero-order chi connectivity index (χ0) is 10.3. The Hall–Kier alpha value is -0.610. The molecule has 0 bridgehead atoms. The number of ether oxygens (including phenoxy) is 1. The van der Waals surface area contributed by atoms with Crippen molar-refractivity contribution >= 4 is 5.91 Å². The number of amides is 1. The van der Waals surface area contributed by atoms with Gasteiger partial charge in [-0.1, -0.05) is 6.92 Å². The summed E-state index contributed by atoms with van der Waals surface area (Å²) in [7, 11) is 3.42. The van der Waals surface area contributed by atoms with Crippen LogP contribution in [0.2, 0.25) is 0 Å². The van der Waals surface area contributed by atoms with Gasteiger partial charge in [0.25, 0.3) is 0 Å². The number of nitrogens with two attached hydrogens (primary N) is 1. The molecule has 0 unspecified atom stereocenters. The molecule has 0 spiro atoms. The molecule has 0 aliphatic carbocycles. The maximum atomic E-state index is 11.4. The summed E-state index contributed by atoms with van der Waals surface area (Å²) in [6.45, 7) is 3.30. The van der Waals surface area contributed by atoms with Crippen LogP contribution in [0.4, 0.5) is 0 Å². The van der Waals surface area contributed by atoms with E-state index >= 15 is 0 Å². The predicted molar refractivity (Wildman–Crippen MR) is 52.4 cm³/mol. The van der Waals surface area contributed by atoms with Crippen molar-refractivity contribution < 1.29 is 9.53 Å². The Morgan fingerprint density at radius 3 is 2.69 bits per heavy atom. The Morgan fingerprint density at radius 2 is 2.23 bits per heavy atom. The summed E-state index contributed by atoms with van der Waals surface area (Å²) in [6, 6.07) is -0.354. The van der Waals surface area contributed by atoms with E-state index in [1.807, 2.05) is 6.92 Å².